The van der Waals surface area contributed by atoms with E-state index < -0.39 is 0 Å². The Morgan fingerprint density at radius 3 is 2.80 bits per heavy atom. The van der Waals surface area contributed by atoms with Crippen molar-refractivity contribution in [2.75, 3.05) is 13.1 Å². The van der Waals surface area contributed by atoms with E-state index in [1.807, 2.05) is 0 Å². The molecule has 2 rings (SSSR count). The molecule has 15 heavy (non-hydrogen) atoms. The van der Waals surface area contributed by atoms with Crippen LogP contribution in [0.5, 0.6) is 0 Å². The van der Waals surface area contributed by atoms with Crippen molar-refractivity contribution >= 4 is 0 Å². The number of rotatable bonds is 5. The first-order valence-electron chi connectivity index (χ1n) is 6.65. The fourth-order valence-electron chi connectivity index (χ4n) is 2.45. The maximum absolute atomic E-state index is 3.69. The first-order chi connectivity index (χ1) is 7.18. The summed E-state index contributed by atoms with van der Waals surface area (Å²) in [5, 5.41) is 7.32. The lowest BCUT2D eigenvalue weighted by Gasteiger charge is -2.27. The van der Waals surface area contributed by atoms with Gasteiger partial charge in [-0.25, -0.2) is 0 Å². The van der Waals surface area contributed by atoms with Crippen molar-refractivity contribution in [2.45, 2.75) is 64.5 Å². The van der Waals surface area contributed by atoms with Gasteiger partial charge in [-0.15, -0.1) is 0 Å². The zero-order chi connectivity index (χ0) is 10.7. The van der Waals surface area contributed by atoms with Crippen molar-refractivity contribution < 1.29 is 0 Å². The summed E-state index contributed by atoms with van der Waals surface area (Å²) < 4.78 is 0. The van der Waals surface area contributed by atoms with E-state index in [0.717, 1.165) is 6.04 Å². The molecule has 1 saturated heterocycles. The molecule has 0 bridgehead atoms. The summed E-state index contributed by atoms with van der Waals surface area (Å²) in [7, 11) is 0. The maximum atomic E-state index is 3.69. The van der Waals surface area contributed by atoms with Gasteiger partial charge in [-0.3, -0.25) is 0 Å². The van der Waals surface area contributed by atoms with E-state index in [4.69, 9.17) is 0 Å². The second-order valence-corrected chi connectivity index (χ2v) is 5.98. The first kappa shape index (κ1) is 11.4. The SMILES string of the molecule is CC(CC1CCCCN1)NCC1(C)CC1. The first-order valence-corrected chi connectivity index (χ1v) is 6.65. The molecule has 2 heteroatoms. The van der Waals surface area contributed by atoms with E-state index in [-0.39, 0.29) is 0 Å². The fraction of sp³-hybridized carbons (Fsp3) is 1.00. The monoisotopic (exact) mass is 210 g/mol. The van der Waals surface area contributed by atoms with E-state index in [0.29, 0.717) is 11.5 Å². The fourth-order valence-corrected chi connectivity index (χ4v) is 2.45. The largest absolute Gasteiger partial charge is 0.314 e. The molecule has 2 aliphatic rings. The molecule has 2 unspecified atom stereocenters. The van der Waals surface area contributed by atoms with Gasteiger partial charge in [-0.1, -0.05) is 13.3 Å². The highest BCUT2D eigenvalue weighted by Crippen LogP contribution is 2.44. The molecule has 2 N–H and O–H groups in total. The third-order valence-electron chi connectivity index (χ3n) is 4.03. The van der Waals surface area contributed by atoms with E-state index in [9.17, 15) is 0 Å². The highest BCUT2D eigenvalue weighted by atomic mass is 15.0. The third kappa shape index (κ3) is 3.76. The molecular weight excluding hydrogens is 184 g/mol. The average Bonchev–Trinajstić information content (AvgIpc) is 2.96. The van der Waals surface area contributed by atoms with Gasteiger partial charge >= 0.3 is 0 Å². The second kappa shape index (κ2) is 4.84. The van der Waals surface area contributed by atoms with Gasteiger partial charge in [-0.05, 0) is 51.0 Å². The van der Waals surface area contributed by atoms with E-state index in [1.165, 1.54) is 51.6 Å². The number of nitrogens with one attached hydrogen (secondary N) is 2. The zero-order valence-corrected chi connectivity index (χ0v) is 10.3. The Bertz CT molecular complexity index is 193. The Hall–Kier alpha value is -0.0800. The molecule has 0 spiro atoms. The van der Waals surface area contributed by atoms with Gasteiger partial charge in [0.25, 0.3) is 0 Å². The third-order valence-corrected chi connectivity index (χ3v) is 4.03. The van der Waals surface area contributed by atoms with Crippen LogP contribution in [0.15, 0.2) is 0 Å². The van der Waals surface area contributed by atoms with Crippen LogP contribution in [0.2, 0.25) is 0 Å². The van der Waals surface area contributed by atoms with Crippen LogP contribution in [0.1, 0.15) is 52.4 Å². The molecule has 0 aromatic rings. The van der Waals surface area contributed by atoms with Gasteiger partial charge in [0, 0.05) is 18.6 Å². The average molecular weight is 210 g/mol. The molecule has 1 heterocycles. The Labute approximate surface area is 94.2 Å². The minimum atomic E-state index is 0.647. The molecule has 0 aromatic carbocycles. The van der Waals surface area contributed by atoms with Crippen molar-refractivity contribution in [3.05, 3.63) is 0 Å². The molecule has 2 fully saturated rings. The van der Waals surface area contributed by atoms with Crippen molar-refractivity contribution in [3.8, 4) is 0 Å². The Morgan fingerprint density at radius 2 is 2.20 bits per heavy atom. The minimum Gasteiger partial charge on any atom is -0.314 e. The predicted molar refractivity (Wildman–Crippen MR) is 65.1 cm³/mol. The van der Waals surface area contributed by atoms with Crippen molar-refractivity contribution in [3.63, 3.8) is 0 Å². The van der Waals surface area contributed by atoms with Crippen LogP contribution < -0.4 is 10.6 Å². The van der Waals surface area contributed by atoms with E-state index in [2.05, 4.69) is 24.5 Å². The highest BCUT2D eigenvalue weighted by Gasteiger charge is 2.36. The summed E-state index contributed by atoms with van der Waals surface area (Å²) in [4.78, 5) is 0. The van der Waals surface area contributed by atoms with Crippen LogP contribution in [0.3, 0.4) is 0 Å². The molecule has 1 aliphatic heterocycles. The Morgan fingerprint density at radius 1 is 1.40 bits per heavy atom. The van der Waals surface area contributed by atoms with Gasteiger partial charge in [0.2, 0.25) is 0 Å². The summed E-state index contributed by atoms with van der Waals surface area (Å²) in [6.45, 7) is 7.18. The molecule has 2 atom stereocenters. The molecule has 1 aliphatic carbocycles. The summed E-state index contributed by atoms with van der Waals surface area (Å²) >= 11 is 0. The maximum Gasteiger partial charge on any atom is 0.00817 e. The summed E-state index contributed by atoms with van der Waals surface area (Å²) in [6.07, 6.45) is 8.32. The van der Waals surface area contributed by atoms with Crippen molar-refractivity contribution in [1.29, 1.82) is 0 Å². The van der Waals surface area contributed by atoms with E-state index >= 15 is 0 Å². The predicted octanol–water partition coefficient (Wildman–Crippen LogP) is 2.30. The molecule has 0 amide bonds. The lowest BCUT2D eigenvalue weighted by molar-refractivity contribution is 0.334. The zero-order valence-electron chi connectivity index (χ0n) is 10.3. The number of hydrogen-bond acceptors (Lipinski definition) is 2. The minimum absolute atomic E-state index is 0.647. The van der Waals surface area contributed by atoms with Crippen LogP contribution >= 0.6 is 0 Å². The highest BCUT2D eigenvalue weighted by molar-refractivity contribution is 4.91. The Balaban J connectivity index is 1.60. The Kier molecular flexibility index (Phi) is 3.68. The molecule has 1 saturated carbocycles. The van der Waals surface area contributed by atoms with Crippen LogP contribution in [0.4, 0.5) is 0 Å². The van der Waals surface area contributed by atoms with Crippen LogP contribution in [-0.4, -0.2) is 25.2 Å². The number of hydrogen-bond donors (Lipinski definition) is 2. The van der Waals surface area contributed by atoms with E-state index in [1.54, 1.807) is 0 Å². The van der Waals surface area contributed by atoms with Gasteiger partial charge in [0.15, 0.2) is 0 Å². The second-order valence-electron chi connectivity index (χ2n) is 5.98. The lowest BCUT2D eigenvalue weighted by atomic mass is 9.98. The van der Waals surface area contributed by atoms with Gasteiger partial charge < -0.3 is 10.6 Å². The van der Waals surface area contributed by atoms with Crippen molar-refractivity contribution in [2.24, 2.45) is 5.41 Å². The summed E-state index contributed by atoms with van der Waals surface area (Å²) in [5.41, 5.74) is 0.647. The quantitative estimate of drug-likeness (QED) is 0.727. The van der Waals surface area contributed by atoms with Crippen LogP contribution in [0.25, 0.3) is 0 Å². The lowest BCUT2D eigenvalue weighted by Crippen LogP contribution is -2.41. The molecule has 88 valence electrons. The topological polar surface area (TPSA) is 24.1 Å². The standard InChI is InChI=1S/C13H26N2/c1-11(15-10-13(2)6-7-13)9-12-5-3-4-8-14-12/h11-12,14-15H,3-10H2,1-2H3. The normalized spacial score (nSPS) is 31.2. The van der Waals surface area contributed by atoms with Crippen molar-refractivity contribution in [1.82, 2.24) is 10.6 Å². The molecule has 0 aromatic heterocycles. The van der Waals surface area contributed by atoms with Gasteiger partial charge in [-0.2, -0.15) is 0 Å². The molecular formula is C13H26N2. The van der Waals surface area contributed by atoms with Gasteiger partial charge in [0.1, 0.15) is 0 Å². The van der Waals surface area contributed by atoms with Crippen LogP contribution in [-0.2, 0) is 0 Å². The smallest absolute Gasteiger partial charge is 0.00817 e. The van der Waals surface area contributed by atoms with Crippen LogP contribution in [0, 0.1) is 5.41 Å². The molecule has 0 radical (unpaired) electrons. The molecule has 2 nitrogen and oxygen atoms in total. The summed E-state index contributed by atoms with van der Waals surface area (Å²) in [6, 6.07) is 1.45. The number of piperidine rings is 1. The van der Waals surface area contributed by atoms with Gasteiger partial charge in [0.05, 0.1) is 0 Å². The summed E-state index contributed by atoms with van der Waals surface area (Å²) in [5.74, 6) is 0.